The molecule has 46 heavy (non-hydrogen) atoms. The van der Waals surface area contributed by atoms with Gasteiger partial charge in [0, 0.05) is 68.5 Å². The Morgan fingerprint density at radius 1 is 1.13 bits per heavy atom. The summed E-state index contributed by atoms with van der Waals surface area (Å²) in [6.07, 6.45) is -1.99. The number of nitrogens with one attached hydrogen (secondary N) is 2. The van der Waals surface area contributed by atoms with E-state index in [-0.39, 0.29) is 46.5 Å². The predicted molar refractivity (Wildman–Crippen MR) is 169 cm³/mol. The number of likely N-dealkylation sites (N-methyl/N-ethyl adjacent to an activating group) is 1. The van der Waals surface area contributed by atoms with Crippen molar-refractivity contribution in [1.29, 1.82) is 0 Å². The van der Waals surface area contributed by atoms with Crippen molar-refractivity contribution in [2.75, 3.05) is 64.0 Å². The van der Waals surface area contributed by atoms with Crippen molar-refractivity contribution < 1.29 is 26.4 Å². The van der Waals surface area contributed by atoms with Crippen LogP contribution < -0.4 is 10.6 Å². The second-order valence-corrected chi connectivity index (χ2v) is 14.5. The molecule has 1 unspecified atom stereocenters. The largest absolute Gasteiger partial charge is 0.435 e. The molecule has 0 bridgehead atoms. The first-order valence-electron chi connectivity index (χ1n) is 14.4. The van der Waals surface area contributed by atoms with Gasteiger partial charge in [-0.3, -0.25) is 14.4 Å². The van der Waals surface area contributed by atoms with E-state index in [1.165, 1.54) is 23.9 Å². The first-order chi connectivity index (χ1) is 21.6. The van der Waals surface area contributed by atoms with Gasteiger partial charge in [0.25, 0.3) is 10.0 Å². The number of amides is 1. The summed E-state index contributed by atoms with van der Waals surface area (Å²) < 4.78 is 70.7. The van der Waals surface area contributed by atoms with Gasteiger partial charge in [-0.1, -0.05) is 23.5 Å². The third-order valence-corrected chi connectivity index (χ3v) is 10.9. The number of anilines is 2. The summed E-state index contributed by atoms with van der Waals surface area (Å²) in [5.41, 5.74) is -0.0486. The SMILES string of the molecule is Cc1nc(NC(=O)CN(C)C)sc1S(=O)(=O)N1CCN(CC(C)Nc2ncnc3c(-c4cn(C)nc4C(F)(F)F)cccc23)CC1. The maximum atomic E-state index is 13.7. The molecule has 13 nitrogen and oxygen atoms in total. The predicted octanol–water partition coefficient (Wildman–Crippen LogP) is 3.12. The van der Waals surface area contributed by atoms with Crippen LogP contribution in [0, 0.1) is 6.92 Å². The molecule has 0 radical (unpaired) electrons. The van der Waals surface area contributed by atoms with Crippen LogP contribution in [0.15, 0.2) is 34.9 Å². The Hall–Kier alpha value is -3.71. The number of hydrogen-bond donors (Lipinski definition) is 2. The second-order valence-electron chi connectivity index (χ2n) is 11.4. The van der Waals surface area contributed by atoms with Crippen LogP contribution in [0.1, 0.15) is 18.3 Å². The van der Waals surface area contributed by atoms with Gasteiger partial charge in [-0.2, -0.15) is 22.6 Å². The number of piperazine rings is 1. The van der Waals surface area contributed by atoms with Gasteiger partial charge in [0.05, 0.1) is 17.8 Å². The molecule has 4 heterocycles. The number of aromatic nitrogens is 5. The van der Waals surface area contributed by atoms with Gasteiger partial charge < -0.3 is 15.5 Å². The minimum atomic E-state index is -4.63. The van der Waals surface area contributed by atoms with E-state index in [9.17, 15) is 26.4 Å². The molecule has 0 aliphatic carbocycles. The van der Waals surface area contributed by atoms with Gasteiger partial charge in [0.1, 0.15) is 12.1 Å². The quantitative estimate of drug-likeness (QED) is 0.257. The highest BCUT2D eigenvalue weighted by Gasteiger charge is 2.38. The first-order valence-corrected chi connectivity index (χ1v) is 16.6. The summed E-state index contributed by atoms with van der Waals surface area (Å²) in [6.45, 7) is 5.83. The van der Waals surface area contributed by atoms with Crippen molar-refractivity contribution in [2.45, 2.75) is 30.3 Å². The number of alkyl halides is 3. The van der Waals surface area contributed by atoms with Crippen molar-refractivity contribution in [2.24, 2.45) is 7.05 Å². The maximum Gasteiger partial charge on any atom is 0.435 e. The van der Waals surface area contributed by atoms with E-state index in [0.717, 1.165) is 16.0 Å². The number of hydrogen-bond acceptors (Lipinski definition) is 11. The topological polar surface area (TPSA) is 141 Å². The highest BCUT2D eigenvalue weighted by atomic mass is 32.2. The molecule has 18 heteroatoms. The molecule has 0 spiro atoms. The van der Waals surface area contributed by atoms with Crippen LogP contribution in [0.2, 0.25) is 0 Å². The van der Waals surface area contributed by atoms with Gasteiger partial charge in [-0.25, -0.2) is 23.4 Å². The van der Waals surface area contributed by atoms with E-state index in [4.69, 9.17) is 0 Å². The number of sulfonamides is 1. The third-order valence-electron chi connectivity index (χ3n) is 7.33. The van der Waals surface area contributed by atoms with Crippen molar-refractivity contribution in [3.63, 3.8) is 0 Å². The standard InChI is InChI=1S/C28H35F3N10O3S2/c1-17(34-25-20-8-6-7-19(23(20)32-16-33-25)21-14-39(5)37-24(21)28(29,30)31)13-40-9-11-41(12-10-40)46(43,44)26-18(2)35-27(45-26)36-22(42)15-38(3)4/h6-8,14,16-17H,9-13,15H2,1-5H3,(H,32,33,34)(H,35,36,42). The smallest absolute Gasteiger partial charge is 0.366 e. The van der Waals surface area contributed by atoms with Crippen molar-refractivity contribution in [1.82, 2.24) is 38.8 Å². The third kappa shape index (κ3) is 7.30. The van der Waals surface area contributed by atoms with Crippen molar-refractivity contribution in [3.8, 4) is 11.1 Å². The number of rotatable bonds is 10. The zero-order valence-corrected chi connectivity index (χ0v) is 27.6. The number of carbonyl (C=O) groups excluding carboxylic acids is 1. The van der Waals surface area contributed by atoms with E-state index >= 15 is 0 Å². The van der Waals surface area contributed by atoms with Crippen molar-refractivity contribution >= 4 is 49.1 Å². The Labute approximate surface area is 268 Å². The van der Waals surface area contributed by atoms with Crippen LogP contribution in [0.25, 0.3) is 22.0 Å². The summed E-state index contributed by atoms with van der Waals surface area (Å²) in [5, 5.41) is 10.5. The van der Waals surface area contributed by atoms with E-state index < -0.39 is 21.9 Å². The zero-order valence-electron chi connectivity index (χ0n) is 26.0. The zero-order chi connectivity index (χ0) is 33.4. The number of nitrogens with zero attached hydrogens (tertiary/aromatic N) is 8. The molecule has 1 atom stereocenters. The number of fused-ring (bicyclic) bond motifs is 1. The van der Waals surface area contributed by atoms with E-state index in [0.29, 0.717) is 47.6 Å². The van der Waals surface area contributed by atoms with Gasteiger partial charge in [0.2, 0.25) is 5.91 Å². The van der Waals surface area contributed by atoms with Crippen LogP contribution in [0.3, 0.4) is 0 Å². The Bertz CT molecular complexity index is 1830. The van der Waals surface area contributed by atoms with E-state index in [1.54, 1.807) is 44.1 Å². The normalized spacial score (nSPS) is 15.8. The summed E-state index contributed by atoms with van der Waals surface area (Å²) in [6, 6.07) is 4.86. The van der Waals surface area contributed by atoms with Gasteiger partial charge in [-0.05, 0) is 34.0 Å². The highest BCUT2D eigenvalue weighted by Crippen LogP contribution is 2.39. The van der Waals surface area contributed by atoms with Crippen LogP contribution in [-0.2, 0) is 28.0 Å². The maximum absolute atomic E-state index is 13.7. The van der Waals surface area contributed by atoms with Crippen molar-refractivity contribution in [3.05, 3.63) is 42.1 Å². The number of para-hydroxylation sites is 1. The Balaban J connectivity index is 1.23. The van der Waals surface area contributed by atoms with E-state index in [2.05, 4.69) is 35.6 Å². The Morgan fingerprint density at radius 2 is 1.85 bits per heavy atom. The fourth-order valence-corrected chi connectivity index (χ4v) is 8.36. The molecule has 5 rings (SSSR count). The molecule has 248 valence electrons. The molecular formula is C28H35F3N10O3S2. The molecule has 0 saturated carbocycles. The number of benzene rings is 1. The first kappa shape index (κ1) is 33.6. The minimum absolute atomic E-state index is 0.0649. The monoisotopic (exact) mass is 680 g/mol. The molecule has 2 N–H and O–H groups in total. The van der Waals surface area contributed by atoms with Crippen LogP contribution in [0.4, 0.5) is 24.1 Å². The van der Waals surface area contributed by atoms with Crippen LogP contribution in [0.5, 0.6) is 0 Å². The van der Waals surface area contributed by atoms with Crippen LogP contribution >= 0.6 is 11.3 Å². The number of thiazole rings is 1. The van der Waals surface area contributed by atoms with Gasteiger partial charge >= 0.3 is 6.18 Å². The second kappa shape index (κ2) is 13.2. The molecule has 1 amide bonds. The molecule has 1 saturated heterocycles. The lowest BCUT2D eigenvalue weighted by molar-refractivity contribution is -0.141. The molecule has 3 aromatic heterocycles. The summed E-state index contributed by atoms with van der Waals surface area (Å²) >= 11 is 0.944. The lowest BCUT2D eigenvalue weighted by Crippen LogP contribution is -2.50. The summed E-state index contributed by atoms with van der Waals surface area (Å²) in [5.74, 6) is 0.200. The minimum Gasteiger partial charge on any atom is -0.366 e. The average Bonchev–Trinajstić information content (AvgIpc) is 3.55. The molecule has 1 aliphatic heterocycles. The van der Waals surface area contributed by atoms with Gasteiger partial charge in [0.15, 0.2) is 15.0 Å². The summed E-state index contributed by atoms with van der Waals surface area (Å²) in [7, 11) is 1.16. The lowest BCUT2D eigenvalue weighted by Gasteiger charge is -2.35. The number of aryl methyl sites for hydroxylation is 2. The molecular weight excluding hydrogens is 646 g/mol. The number of carbonyl (C=O) groups is 1. The Kier molecular flexibility index (Phi) is 9.65. The van der Waals surface area contributed by atoms with Gasteiger partial charge in [-0.15, -0.1) is 0 Å². The number of halogens is 3. The molecule has 1 aliphatic rings. The summed E-state index contributed by atoms with van der Waals surface area (Å²) in [4.78, 5) is 28.9. The highest BCUT2D eigenvalue weighted by molar-refractivity contribution is 7.91. The Morgan fingerprint density at radius 3 is 2.52 bits per heavy atom. The molecule has 1 aromatic carbocycles. The fourth-order valence-electron chi connectivity index (χ4n) is 5.37. The van der Waals surface area contributed by atoms with Crippen LogP contribution in [-0.4, -0.2) is 113 Å². The lowest BCUT2D eigenvalue weighted by atomic mass is 10.0. The average molecular weight is 681 g/mol. The molecule has 4 aromatic rings. The molecule has 1 fully saturated rings. The fraction of sp³-hybridized carbons (Fsp3) is 0.464. The van der Waals surface area contributed by atoms with E-state index in [1.807, 2.05) is 6.92 Å².